The van der Waals surface area contributed by atoms with Gasteiger partial charge < -0.3 is 20.1 Å². The molecule has 2 aromatic carbocycles. The average molecular weight is 424 g/mol. The molecule has 2 N–H and O–H groups in total. The van der Waals surface area contributed by atoms with E-state index in [0.717, 1.165) is 72.5 Å². The number of aliphatic hydroxyl groups is 1. The third-order valence-corrected chi connectivity index (χ3v) is 5.98. The Labute approximate surface area is 182 Å². The lowest BCUT2D eigenvalue weighted by Crippen LogP contribution is -2.38. The van der Waals surface area contributed by atoms with Gasteiger partial charge in [0.2, 0.25) is 0 Å². The number of nitrogens with one attached hydrogen (secondary N) is 1. The van der Waals surface area contributed by atoms with E-state index < -0.39 is 0 Å². The fourth-order valence-electron chi connectivity index (χ4n) is 4.22. The number of aliphatic hydroxyl groups excluding tert-OH is 1. The molecule has 0 unspecified atom stereocenters. The largest absolute Gasteiger partial charge is 0.497 e. The first kappa shape index (κ1) is 21.5. The molecule has 1 aliphatic heterocycles. The number of methoxy groups -OCH3 is 1. The van der Waals surface area contributed by atoms with Gasteiger partial charge in [-0.15, -0.1) is 0 Å². The summed E-state index contributed by atoms with van der Waals surface area (Å²) in [6.07, 6.45) is 2.95. The topological polar surface area (TPSA) is 57.6 Å². The molecule has 5 nitrogen and oxygen atoms in total. The van der Waals surface area contributed by atoms with Gasteiger partial charge >= 0.3 is 0 Å². The van der Waals surface area contributed by atoms with Crippen LogP contribution in [0.25, 0.3) is 10.9 Å². The Bertz CT molecular complexity index is 1010. The Balaban J connectivity index is 1.53. The molecular weight excluding hydrogens is 393 g/mol. The van der Waals surface area contributed by atoms with Crippen LogP contribution in [0.15, 0.2) is 48.5 Å². The van der Waals surface area contributed by atoms with Crippen molar-refractivity contribution in [1.82, 2.24) is 10.3 Å². The number of benzene rings is 2. The Morgan fingerprint density at radius 2 is 2.03 bits per heavy atom. The minimum Gasteiger partial charge on any atom is -0.497 e. The van der Waals surface area contributed by atoms with Crippen LogP contribution in [-0.4, -0.2) is 43.4 Å². The molecule has 6 heteroatoms. The number of anilines is 1. The number of hydrogen-bond acceptors (Lipinski definition) is 5. The summed E-state index contributed by atoms with van der Waals surface area (Å²) < 4.78 is 18.5. The number of ether oxygens (including phenoxy) is 1. The molecule has 1 saturated heterocycles. The number of rotatable bonds is 8. The fraction of sp³-hybridized carbons (Fsp3) is 0.400. The van der Waals surface area contributed by atoms with Crippen molar-refractivity contribution in [3.8, 4) is 5.75 Å². The van der Waals surface area contributed by atoms with Crippen LogP contribution in [-0.2, 0) is 13.0 Å². The number of halogens is 1. The molecule has 3 aromatic rings. The van der Waals surface area contributed by atoms with Crippen molar-refractivity contribution < 1.29 is 14.2 Å². The SMILES string of the molecule is COc1ccc2cc(CNCCc3ccc(F)cc3)c(N3CCC[C@H](CO)C3)nc2c1. The van der Waals surface area contributed by atoms with Gasteiger partial charge in [-0.05, 0) is 67.6 Å². The van der Waals surface area contributed by atoms with E-state index in [4.69, 9.17) is 9.72 Å². The van der Waals surface area contributed by atoms with E-state index in [2.05, 4.69) is 16.3 Å². The van der Waals surface area contributed by atoms with Crippen LogP contribution in [0.1, 0.15) is 24.0 Å². The molecule has 0 bridgehead atoms. The van der Waals surface area contributed by atoms with Crippen LogP contribution >= 0.6 is 0 Å². The monoisotopic (exact) mass is 423 g/mol. The maximum absolute atomic E-state index is 13.1. The molecule has 1 aromatic heterocycles. The quantitative estimate of drug-likeness (QED) is 0.538. The van der Waals surface area contributed by atoms with Crippen LogP contribution in [0, 0.1) is 11.7 Å². The molecule has 1 aliphatic rings. The first-order valence-corrected chi connectivity index (χ1v) is 10.9. The molecule has 164 valence electrons. The number of nitrogens with zero attached hydrogens (tertiary/aromatic N) is 2. The zero-order valence-corrected chi connectivity index (χ0v) is 18.0. The van der Waals surface area contributed by atoms with E-state index in [1.54, 1.807) is 7.11 Å². The predicted molar refractivity (Wildman–Crippen MR) is 122 cm³/mol. The lowest BCUT2D eigenvalue weighted by atomic mass is 9.98. The zero-order valence-electron chi connectivity index (χ0n) is 18.0. The van der Waals surface area contributed by atoms with E-state index in [-0.39, 0.29) is 18.3 Å². The van der Waals surface area contributed by atoms with Crippen molar-refractivity contribution >= 4 is 16.7 Å². The van der Waals surface area contributed by atoms with Gasteiger partial charge in [0.25, 0.3) is 0 Å². The molecule has 0 spiro atoms. The minimum atomic E-state index is -0.206. The molecule has 0 saturated carbocycles. The fourth-order valence-corrected chi connectivity index (χ4v) is 4.22. The van der Waals surface area contributed by atoms with Crippen molar-refractivity contribution in [2.24, 2.45) is 5.92 Å². The Kier molecular flexibility index (Phi) is 6.99. The van der Waals surface area contributed by atoms with Gasteiger partial charge in [0.15, 0.2) is 0 Å². The van der Waals surface area contributed by atoms with Gasteiger partial charge in [-0.25, -0.2) is 9.37 Å². The molecule has 1 atom stereocenters. The number of aromatic nitrogens is 1. The number of pyridine rings is 1. The van der Waals surface area contributed by atoms with E-state index >= 15 is 0 Å². The summed E-state index contributed by atoms with van der Waals surface area (Å²) >= 11 is 0. The van der Waals surface area contributed by atoms with Crippen molar-refractivity contribution in [3.05, 3.63) is 65.5 Å². The van der Waals surface area contributed by atoms with Crippen LogP contribution in [0.5, 0.6) is 5.75 Å². The summed E-state index contributed by atoms with van der Waals surface area (Å²) in [5, 5.41) is 14.3. The molecular formula is C25H30FN3O2. The summed E-state index contributed by atoms with van der Waals surface area (Å²) in [5.74, 6) is 1.86. The molecule has 1 fully saturated rings. The smallest absolute Gasteiger partial charge is 0.133 e. The predicted octanol–water partition coefficient (Wildman–Crippen LogP) is 3.92. The highest BCUT2D eigenvalue weighted by molar-refractivity contribution is 5.83. The Morgan fingerprint density at radius 1 is 1.19 bits per heavy atom. The van der Waals surface area contributed by atoms with Crippen molar-refractivity contribution in [2.45, 2.75) is 25.8 Å². The van der Waals surface area contributed by atoms with Gasteiger partial charge in [0.05, 0.1) is 12.6 Å². The number of fused-ring (bicyclic) bond motifs is 1. The summed E-state index contributed by atoms with van der Waals surface area (Å²) in [7, 11) is 1.66. The highest BCUT2D eigenvalue weighted by atomic mass is 19.1. The number of hydrogen-bond donors (Lipinski definition) is 2. The lowest BCUT2D eigenvalue weighted by molar-refractivity contribution is 0.208. The summed E-state index contributed by atoms with van der Waals surface area (Å²) in [4.78, 5) is 7.31. The lowest BCUT2D eigenvalue weighted by Gasteiger charge is -2.34. The minimum absolute atomic E-state index is 0.206. The van der Waals surface area contributed by atoms with Gasteiger partial charge in [-0.1, -0.05) is 12.1 Å². The Hall–Kier alpha value is -2.70. The third-order valence-electron chi connectivity index (χ3n) is 5.98. The van der Waals surface area contributed by atoms with Gasteiger partial charge in [0.1, 0.15) is 17.4 Å². The summed E-state index contributed by atoms with van der Waals surface area (Å²) in [5.41, 5.74) is 3.17. The second-order valence-corrected chi connectivity index (χ2v) is 8.22. The van der Waals surface area contributed by atoms with Crippen molar-refractivity contribution in [2.75, 3.05) is 38.3 Å². The standard InChI is InChI=1S/C25H30FN3O2/c1-31-23-9-6-20-13-21(15-27-11-10-18-4-7-22(26)8-5-18)25(28-24(20)14-23)29-12-2-3-19(16-29)17-30/h4-9,13-14,19,27,30H,2-3,10-12,15-17H2,1H3/t19-/m0/s1. The van der Waals surface area contributed by atoms with Crippen molar-refractivity contribution in [1.29, 1.82) is 0 Å². The summed E-state index contributed by atoms with van der Waals surface area (Å²) in [6, 6.07) is 14.8. The number of piperidine rings is 1. The van der Waals surface area contributed by atoms with Crippen LogP contribution in [0.2, 0.25) is 0 Å². The van der Waals surface area contributed by atoms with E-state index in [0.29, 0.717) is 6.54 Å². The molecule has 0 amide bonds. The highest BCUT2D eigenvalue weighted by Gasteiger charge is 2.22. The van der Waals surface area contributed by atoms with Gasteiger partial charge in [-0.2, -0.15) is 0 Å². The van der Waals surface area contributed by atoms with Crippen molar-refractivity contribution in [3.63, 3.8) is 0 Å². The maximum Gasteiger partial charge on any atom is 0.133 e. The normalized spacial score (nSPS) is 16.6. The average Bonchev–Trinajstić information content (AvgIpc) is 2.82. The van der Waals surface area contributed by atoms with Crippen LogP contribution < -0.4 is 15.0 Å². The van der Waals surface area contributed by atoms with Crippen LogP contribution in [0.3, 0.4) is 0 Å². The van der Waals surface area contributed by atoms with Crippen LogP contribution in [0.4, 0.5) is 10.2 Å². The Morgan fingerprint density at radius 3 is 2.81 bits per heavy atom. The first-order valence-electron chi connectivity index (χ1n) is 10.9. The molecule has 4 rings (SSSR count). The second-order valence-electron chi connectivity index (χ2n) is 8.22. The molecule has 0 aliphatic carbocycles. The van der Waals surface area contributed by atoms with Gasteiger partial charge in [-0.3, -0.25) is 0 Å². The van der Waals surface area contributed by atoms with E-state index in [9.17, 15) is 9.50 Å². The third kappa shape index (κ3) is 5.32. The van der Waals surface area contributed by atoms with E-state index in [1.807, 2.05) is 30.3 Å². The maximum atomic E-state index is 13.1. The van der Waals surface area contributed by atoms with E-state index in [1.165, 1.54) is 12.1 Å². The highest BCUT2D eigenvalue weighted by Crippen LogP contribution is 2.29. The first-order chi connectivity index (χ1) is 15.2. The van der Waals surface area contributed by atoms with Gasteiger partial charge in [0, 0.05) is 43.3 Å². The zero-order chi connectivity index (χ0) is 21.6. The molecule has 0 radical (unpaired) electrons. The molecule has 2 heterocycles. The second kappa shape index (κ2) is 10.1. The molecule has 31 heavy (non-hydrogen) atoms. The summed E-state index contributed by atoms with van der Waals surface area (Å²) in [6.45, 7) is 3.48.